The van der Waals surface area contributed by atoms with Crippen molar-refractivity contribution in [1.82, 2.24) is 10.2 Å². The fourth-order valence-corrected chi connectivity index (χ4v) is 3.59. The molecule has 3 N–H and O–H groups in total. The molecule has 2 saturated heterocycles. The van der Waals surface area contributed by atoms with E-state index in [1.54, 1.807) is 0 Å². The molecule has 2 fully saturated rings. The topological polar surface area (TPSA) is 55.7 Å². The first-order chi connectivity index (χ1) is 8.93. The maximum absolute atomic E-state index is 10.2. The van der Waals surface area contributed by atoms with Gasteiger partial charge in [-0.1, -0.05) is 11.6 Å². The highest BCUT2D eigenvalue weighted by atomic mass is 16.3. The van der Waals surface area contributed by atoms with Crippen molar-refractivity contribution in [3.8, 4) is 0 Å². The van der Waals surface area contributed by atoms with Crippen LogP contribution in [-0.2, 0) is 0 Å². The van der Waals surface area contributed by atoms with E-state index >= 15 is 0 Å². The molecule has 0 spiro atoms. The second-order valence-electron chi connectivity index (χ2n) is 6.67. The Morgan fingerprint density at radius 2 is 2.21 bits per heavy atom. The molecule has 2 atom stereocenters. The minimum atomic E-state index is -0.502. The fraction of sp³-hybridized carbons (Fsp3) is 0.733. The van der Waals surface area contributed by atoms with Gasteiger partial charge in [-0.25, -0.2) is 0 Å². The number of nitrogens with zero attached hydrogens (tertiary/aromatic N) is 1. The first kappa shape index (κ1) is 13.2. The molecule has 3 aliphatic heterocycles. The summed E-state index contributed by atoms with van der Waals surface area (Å²) < 4.78 is 0. The van der Waals surface area contributed by atoms with E-state index < -0.39 is 5.60 Å². The van der Waals surface area contributed by atoms with Crippen molar-refractivity contribution < 1.29 is 10.2 Å². The summed E-state index contributed by atoms with van der Waals surface area (Å²) >= 11 is 0. The average molecular weight is 264 g/mol. The van der Waals surface area contributed by atoms with Crippen LogP contribution >= 0.6 is 0 Å². The summed E-state index contributed by atoms with van der Waals surface area (Å²) in [7, 11) is 0. The van der Waals surface area contributed by atoms with Gasteiger partial charge in [0, 0.05) is 37.8 Å². The molecule has 0 aromatic rings. The Kier molecular flexibility index (Phi) is 3.20. The number of rotatable bonds is 2. The highest BCUT2D eigenvalue weighted by molar-refractivity contribution is 5.35. The van der Waals surface area contributed by atoms with Crippen molar-refractivity contribution in [2.75, 3.05) is 19.6 Å². The molecule has 2 bridgehead atoms. The number of likely N-dealkylation sites (tertiary alicyclic amines) is 1. The molecule has 1 unspecified atom stereocenters. The van der Waals surface area contributed by atoms with Gasteiger partial charge in [-0.15, -0.1) is 0 Å². The summed E-state index contributed by atoms with van der Waals surface area (Å²) in [4.78, 5) is 2.28. The third-order valence-electron chi connectivity index (χ3n) is 4.41. The van der Waals surface area contributed by atoms with E-state index in [0.717, 1.165) is 44.6 Å². The molecular formula is C15H24N2O2. The first-order valence-corrected chi connectivity index (χ1v) is 7.22. The highest BCUT2D eigenvalue weighted by Crippen LogP contribution is 2.30. The number of aliphatic hydroxyl groups is 2. The molecular weight excluding hydrogens is 240 g/mol. The van der Waals surface area contributed by atoms with Crippen LogP contribution in [0.2, 0.25) is 0 Å². The lowest BCUT2D eigenvalue weighted by molar-refractivity contribution is -0.0861. The van der Waals surface area contributed by atoms with Crippen molar-refractivity contribution in [2.45, 2.75) is 50.9 Å². The highest BCUT2D eigenvalue weighted by Gasteiger charge is 2.38. The molecule has 4 rings (SSSR count). The van der Waals surface area contributed by atoms with Gasteiger partial charge in [0.05, 0.1) is 11.7 Å². The average Bonchev–Trinajstić information content (AvgIpc) is 2.25. The normalized spacial score (nSPS) is 34.2. The van der Waals surface area contributed by atoms with Gasteiger partial charge in [-0.05, 0) is 32.3 Å². The smallest absolute Gasteiger partial charge is 0.0974 e. The van der Waals surface area contributed by atoms with E-state index in [9.17, 15) is 10.2 Å². The van der Waals surface area contributed by atoms with E-state index in [0.29, 0.717) is 6.04 Å². The first-order valence-electron chi connectivity index (χ1n) is 7.22. The van der Waals surface area contributed by atoms with Crippen molar-refractivity contribution in [1.29, 1.82) is 0 Å². The Hall–Kier alpha value is -0.840. The molecule has 4 heteroatoms. The molecule has 106 valence electrons. The summed E-state index contributed by atoms with van der Waals surface area (Å²) in [5.74, 6) is 0. The van der Waals surface area contributed by atoms with E-state index in [-0.39, 0.29) is 6.10 Å². The lowest BCUT2D eigenvalue weighted by Gasteiger charge is -2.46. The molecule has 0 aromatic carbocycles. The van der Waals surface area contributed by atoms with Crippen LogP contribution in [0.15, 0.2) is 22.9 Å². The molecule has 0 amide bonds. The summed E-state index contributed by atoms with van der Waals surface area (Å²) in [5.41, 5.74) is 3.04. The lowest BCUT2D eigenvalue weighted by Crippen LogP contribution is -2.62. The van der Waals surface area contributed by atoms with Gasteiger partial charge in [-0.2, -0.15) is 0 Å². The molecule has 4 aliphatic rings. The predicted octanol–water partition coefficient (Wildman–Crippen LogP) is 0.770. The molecule has 3 heterocycles. The van der Waals surface area contributed by atoms with Gasteiger partial charge < -0.3 is 15.5 Å². The Bertz CT molecular complexity index is 431. The van der Waals surface area contributed by atoms with Gasteiger partial charge in [0.2, 0.25) is 0 Å². The number of allylic oxidation sites excluding steroid dienone is 2. The third kappa shape index (κ3) is 2.71. The predicted molar refractivity (Wildman–Crippen MR) is 74.6 cm³/mol. The summed E-state index contributed by atoms with van der Waals surface area (Å²) in [6, 6.07) is 0.375. The molecule has 0 saturated carbocycles. The van der Waals surface area contributed by atoms with Gasteiger partial charge >= 0.3 is 0 Å². The fourth-order valence-electron chi connectivity index (χ4n) is 3.59. The molecule has 0 radical (unpaired) electrons. The van der Waals surface area contributed by atoms with Crippen LogP contribution in [0, 0.1) is 0 Å². The second-order valence-corrected chi connectivity index (χ2v) is 6.67. The Morgan fingerprint density at radius 1 is 1.47 bits per heavy atom. The number of β-amino-alcohol motifs (C(OH)–C–C–N with tert-alkyl or cyclic N) is 1. The lowest BCUT2D eigenvalue weighted by atomic mass is 9.87. The quantitative estimate of drug-likeness (QED) is 0.689. The van der Waals surface area contributed by atoms with Crippen LogP contribution in [0.5, 0.6) is 0 Å². The number of nitrogens with one attached hydrogen (secondary N) is 1. The van der Waals surface area contributed by atoms with Gasteiger partial charge in [0.15, 0.2) is 0 Å². The van der Waals surface area contributed by atoms with Crippen LogP contribution < -0.4 is 5.32 Å². The van der Waals surface area contributed by atoms with Gasteiger partial charge in [0.25, 0.3) is 0 Å². The molecule has 0 aromatic heterocycles. The minimum absolute atomic E-state index is 0.359. The second kappa shape index (κ2) is 4.62. The zero-order valence-corrected chi connectivity index (χ0v) is 11.8. The summed E-state index contributed by atoms with van der Waals surface area (Å²) in [6.07, 6.45) is 4.81. The van der Waals surface area contributed by atoms with Crippen LogP contribution in [0.3, 0.4) is 0 Å². The van der Waals surface area contributed by atoms with Crippen LogP contribution in [0.4, 0.5) is 0 Å². The summed E-state index contributed by atoms with van der Waals surface area (Å²) in [5, 5.41) is 23.5. The number of hydrogen-bond donors (Lipinski definition) is 3. The van der Waals surface area contributed by atoms with Crippen molar-refractivity contribution in [2.24, 2.45) is 0 Å². The molecule has 1 aliphatic carbocycles. The van der Waals surface area contributed by atoms with E-state index in [2.05, 4.69) is 23.2 Å². The van der Waals surface area contributed by atoms with E-state index in [4.69, 9.17) is 0 Å². The number of fused-ring (bicyclic) bond motifs is 5. The zero-order valence-electron chi connectivity index (χ0n) is 11.8. The van der Waals surface area contributed by atoms with Crippen LogP contribution in [-0.4, -0.2) is 52.5 Å². The Labute approximate surface area is 114 Å². The Balaban J connectivity index is 1.65. The maximum atomic E-state index is 10.2. The van der Waals surface area contributed by atoms with E-state index in [1.165, 1.54) is 11.1 Å². The van der Waals surface area contributed by atoms with Gasteiger partial charge in [-0.3, -0.25) is 4.90 Å². The van der Waals surface area contributed by atoms with Crippen LogP contribution in [0.25, 0.3) is 0 Å². The molecule has 19 heavy (non-hydrogen) atoms. The largest absolute Gasteiger partial charge is 0.388 e. The zero-order chi connectivity index (χ0) is 13.6. The third-order valence-corrected chi connectivity index (χ3v) is 4.41. The van der Waals surface area contributed by atoms with Crippen molar-refractivity contribution in [3.63, 3.8) is 0 Å². The SMILES string of the molecule is CC1=C2N[C@H](CN3CC(C)(O)C3)CCC(=C1)CC2O. The van der Waals surface area contributed by atoms with Crippen molar-refractivity contribution >= 4 is 0 Å². The minimum Gasteiger partial charge on any atom is -0.388 e. The van der Waals surface area contributed by atoms with Crippen molar-refractivity contribution in [3.05, 3.63) is 22.9 Å². The molecule has 4 nitrogen and oxygen atoms in total. The number of aliphatic hydroxyl groups excluding tert-OH is 1. The number of hydrogen-bond acceptors (Lipinski definition) is 4. The Morgan fingerprint density at radius 3 is 2.84 bits per heavy atom. The maximum Gasteiger partial charge on any atom is 0.0974 e. The summed E-state index contributed by atoms with van der Waals surface area (Å²) in [6.45, 7) is 6.43. The van der Waals surface area contributed by atoms with E-state index in [1.807, 2.05) is 6.92 Å². The monoisotopic (exact) mass is 264 g/mol. The van der Waals surface area contributed by atoms with Crippen LogP contribution in [0.1, 0.15) is 33.1 Å². The van der Waals surface area contributed by atoms with Gasteiger partial charge in [0.1, 0.15) is 0 Å². The standard InChI is InChI=1S/C15H24N2O2/c1-10-5-11-3-4-12(16-14(10)13(18)6-11)7-17-8-15(2,19)9-17/h5,12-13,16,18-19H,3-4,6-9H2,1-2H3/t12-,13?/m0/s1.